The summed E-state index contributed by atoms with van der Waals surface area (Å²) in [6, 6.07) is 11.2. The molecule has 122 valence electrons. The Hall–Kier alpha value is -1.46. The molecule has 0 unspecified atom stereocenters. The first-order valence-corrected chi connectivity index (χ1v) is 8.17. The van der Waals surface area contributed by atoms with E-state index in [-0.39, 0.29) is 18.6 Å². The van der Waals surface area contributed by atoms with E-state index in [4.69, 9.17) is 11.6 Å². The number of aliphatic hydroxyl groups is 2. The van der Waals surface area contributed by atoms with Gasteiger partial charge in [0.05, 0.1) is 24.4 Å². The van der Waals surface area contributed by atoms with Gasteiger partial charge < -0.3 is 10.2 Å². The number of aryl methyl sites for hydroxylation is 1. The molecule has 3 atom stereocenters. The second-order valence-electron chi connectivity index (χ2n) is 6.09. The van der Waals surface area contributed by atoms with Crippen molar-refractivity contribution in [1.29, 1.82) is 0 Å². The van der Waals surface area contributed by atoms with Gasteiger partial charge in [-0.3, -0.25) is 9.88 Å². The van der Waals surface area contributed by atoms with Crippen LogP contribution >= 0.6 is 11.6 Å². The van der Waals surface area contributed by atoms with Crippen LogP contribution in [-0.2, 0) is 6.54 Å². The van der Waals surface area contributed by atoms with Gasteiger partial charge in [-0.1, -0.05) is 29.8 Å². The summed E-state index contributed by atoms with van der Waals surface area (Å²) in [6.45, 7) is 3.26. The predicted octanol–water partition coefficient (Wildman–Crippen LogP) is 2.36. The number of aromatic nitrogens is 1. The van der Waals surface area contributed by atoms with E-state index >= 15 is 0 Å². The molecule has 4 nitrogen and oxygen atoms in total. The summed E-state index contributed by atoms with van der Waals surface area (Å²) in [7, 11) is 0. The van der Waals surface area contributed by atoms with Crippen molar-refractivity contribution in [2.24, 2.45) is 0 Å². The molecule has 1 aromatic carbocycles. The monoisotopic (exact) mass is 332 g/mol. The summed E-state index contributed by atoms with van der Waals surface area (Å²) in [6.07, 6.45) is 1.17. The number of likely N-dealkylation sites (tertiary alicyclic amines) is 1. The van der Waals surface area contributed by atoms with Gasteiger partial charge in [0.15, 0.2) is 0 Å². The van der Waals surface area contributed by atoms with Crippen LogP contribution in [0.5, 0.6) is 0 Å². The highest BCUT2D eigenvalue weighted by Crippen LogP contribution is 2.33. The fourth-order valence-electron chi connectivity index (χ4n) is 3.27. The Balaban J connectivity index is 1.81. The molecule has 1 aromatic heterocycles. The predicted molar refractivity (Wildman–Crippen MR) is 90.5 cm³/mol. The zero-order valence-corrected chi connectivity index (χ0v) is 13.8. The molecule has 0 aliphatic carbocycles. The molecule has 0 spiro atoms. The van der Waals surface area contributed by atoms with E-state index in [9.17, 15) is 10.2 Å². The van der Waals surface area contributed by atoms with Gasteiger partial charge in [0.25, 0.3) is 0 Å². The van der Waals surface area contributed by atoms with Crippen LogP contribution in [0, 0.1) is 6.92 Å². The molecule has 5 heteroatoms. The van der Waals surface area contributed by atoms with Crippen LogP contribution in [0.3, 0.4) is 0 Å². The van der Waals surface area contributed by atoms with Crippen LogP contribution in [0.15, 0.2) is 42.6 Å². The number of benzene rings is 1. The summed E-state index contributed by atoms with van der Waals surface area (Å²) < 4.78 is 0. The minimum absolute atomic E-state index is 0.0339. The number of halogens is 1. The van der Waals surface area contributed by atoms with Crippen molar-refractivity contribution >= 4 is 11.6 Å². The Morgan fingerprint density at radius 3 is 2.65 bits per heavy atom. The lowest BCUT2D eigenvalue weighted by Crippen LogP contribution is -2.38. The van der Waals surface area contributed by atoms with E-state index in [0.717, 1.165) is 16.8 Å². The zero-order chi connectivity index (χ0) is 16.4. The van der Waals surface area contributed by atoms with Crippen LogP contribution in [-0.4, -0.2) is 45.4 Å². The van der Waals surface area contributed by atoms with Gasteiger partial charge in [0, 0.05) is 30.2 Å². The Morgan fingerprint density at radius 1 is 1.26 bits per heavy atom. The number of pyridine rings is 1. The van der Waals surface area contributed by atoms with E-state index < -0.39 is 6.10 Å². The van der Waals surface area contributed by atoms with E-state index in [1.54, 1.807) is 6.20 Å². The maximum absolute atomic E-state index is 10.6. The first-order chi connectivity index (χ1) is 11.1. The van der Waals surface area contributed by atoms with Crippen LogP contribution in [0.4, 0.5) is 0 Å². The van der Waals surface area contributed by atoms with Crippen LogP contribution < -0.4 is 0 Å². The summed E-state index contributed by atoms with van der Waals surface area (Å²) in [4.78, 5) is 6.53. The Kier molecular flexibility index (Phi) is 4.97. The Morgan fingerprint density at radius 2 is 2.00 bits per heavy atom. The minimum Gasteiger partial charge on any atom is -0.395 e. The summed E-state index contributed by atoms with van der Waals surface area (Å²) in [5.41, 5.74) is 3.14. The lowest BCUT2D eigenvalue weighted by molar-refractivity contribution is 0.0636. The van der Waals surface area contributed by atoms with E-state index in [2.05, 4.69) is 9.88 Å². The molecular weight excluding hydrogens is 312 g/mol. The first kappa shape index (κ1) is 16.4. The van der Waals surface area contributed by atoms with Crippen molar-refractivity contribution in [3.8, 4) is 0 Å². The topological polar surface area (TPSA) is 56.6 Å². The third kappa shape index (κ3) is 3.40. The summed E-state index contributed by atoms with van der Waals surface area (Å²) in [5, 5.41) is 21.0. The molecule has 2 heterocycles. The zero-order valence-electron chi connectivity index (χ0n) is 13.1. The molecule has 23 heavy (non-hydrogen) atoms. The third-order valence-corrected chi connectivity index (χ3v) is 4.91. The molecule has 1 aliphatic heterocycles. The molecule has 2 aromatic rings. The van der Waals surface area contributed by atoms with E-state index in [1.807, 2.05) is 43.3 Å². The summed E-state index contributed by atoms with van der Waals surface area (Å²) >= 11 is 5.94. The van der Waals surface area contributed by atoms with Crippen molar-refractivity contribution in [3.63, 3.8) is 0 Å². The largest absolute Gasteiger partial charge is 0.395 e. The van der Waals surface area contributed by atoms with Crippen LogP contribution in [0.2, 0.25) is 5.02 Å². The maximum Gasteiger partial charge on any atom is 0.0798 e. The van der Waals surface area contributed by atoms with E-state index in [0.29, 0.717) is 18.1 Å². The molecule has 0 amide bonds. The van der Waals surface area contributed by atoms with Crippen LogP contribution in [0.25, 0.3) is 0 Å². The maximum atomic E-state index is 10.6. The lowest BCUT2D eigenvalue weighted by Gasteiger charge is -2.24. The first-order valence-electron chi connectivity index (χ1n) is 7.79. The Bertz CT molecular complexity index is 662. The van der Waals surface area contributed by atoms with Crippen molar-refractivity contribution in [1.82, 2.24) is 9.88 Å². The average Bonchev–Trinajstić information content (AvgIpc) is 2.86. The number of rotatable bonds is 4. The smallest absolute Gasteiger partial charge is 0.0798 e. The van der Waals surface area contributed by atoms with Gasteiger partial charge >= 0.3 is 0 Å². The number of nitrogens with zero attached hydrogens (tertiary/aromatic N) is 2. The van der Waals surface area contributed by atoms with E-state index in [1.165, 1.54) is 0 Å². The fourth-order valence-corrected chi connectivity index (χ4v) is 3.40. The van der Waals surface area contributed by atoms with Gasteiger partial charge in [-0.05, 0) is 36.2 Å². The van der Waals surface area contributed by atoms with Gasteiger partial charge in [-0.15, -0.1) is 0 Å². The van der Waals surface area contributed by atoms with Crippen molar-refractivity contribution < 1.29 is 10.2 Å². The summed E-state index contributed by atoms with van der Waals surface area (Å²) in [5.74, 6) is -0.0339. The molecule has 0 radical (unpaired) electrons. The second kappa shape index (κ2) is 6.97. The molecule has 3 rings (SSSR count). The normalized spacial score (nSPS) is 25.0. The third-order valence-electron chi connectivity index (χ3n) is 4.66. The minimum atomic E-state index is -0.606. The molecule has 2 N–H and O–H groups in total. The highest BCUT2D eigenvalue weighted by molar-refractivity contribution is 6.30. The van der Waals surface area contributed by atoms with Crippen molar-refractivity contribution in [2.75, 3.05) is 13.2 Å². The molecule has 1 aliphatic rings. The number of hydrogen-bond donors (Lipinski definition) is 2. The quantitative estimate of drug-likeness (QED) is 0.902. The average molecular weight is 333 g/mol. The Labute approximate surface area is 141 Å². The number of hydrogen-bond acceptors (Lipinski definition) is 4. The molecule has 1 fully saturated rings. The van der Waals surface area contributed by atoms with Crippen LogP contribution in [0.1, 0.15) is 22.7 Å². The number of aliphatic hydroxyl groups excluding tert-OH is 2. The highest BCUT2D eigenvalue weighted by atomic mass is 35.5. The standard InChI is InChI=1S/C18H21ClN2O2/c1-12-3-2-8-20-16(12)10-21-9-15(18(23)17(21)11-22)13-4-6-14(19)7-5-13/h2-8,15,17-18,22-23H,9-11H2,1H3/t15-,17-,18-/m1/s1. The fraction of sp³-hybridized carbons (Fsp3) is 0.389. The highest BCUT2D eigenvalue weighted by Gasteiger charge is 2.41. The lowest BCUT2D eigenvalue weighted by atomic mass is 9.94. The van der Waals surface area contributed by atoms with Gasteiger partial charge in [0.1, 0.15) is 0 Å². The van der Waals surface area contributed by atoms with Gasteiger partial charge in [0.2, 0.25) is 0 Å². The molecule has 0 saturated carbocycles. The van der Waals surface area contributed by atoms with Crippen molar-refractivity contribution in [3.05, 3.63) is 64.4 Å². The van der Waals surface area contributed by atoms with Crippen molar-refractivity contribution in [2.45, 2.75) is 31.5 Å². The second-order valence-corrected chi connectivity index (χ2v) is 6.53. The van der Waals surface area contributed by atoms with Gasteiger partial charge in [-0.2, -0.15) is 0 Å². The SMILES string of the molecule is Cc1cccnc1CN1C[C@H](c2ccc(Cl)cc2)[C@@H](O)[C@H]1CO. The van der Waals surface area contributed by atoms with Gasteiger partial charge in [-0.25, -0.2) is 0 Å². The molecule has 0 bridgehead atoms. The molecular formula is C18H21ClN2O2. The molecule has 1 saturated heterocycles.